The molecule has 0 saturated heterocycles. The standard InChI is InChI=1S/C14H26N4O/c1-11(2)6-16-13(19)9-18-10-15-7-12(18)8-17-14(3,4)5/h7,10-11,17H,6,8-9H2,1-5H3,(H,16,19). The molecule has 19 heavy (non-hydrogen) atoms. The van der Waals surface area contributed by atoms with Crippen LogP contribution in [0.5, 0.6) is 0 Å². The van der Waals surface area contributed by atoms with Crippen LogP contribution in [0.25, 0.3) is 0 Å². The Kier molecular flexibility index (Phi) is 5.54. The van der Waals surface area contributed by atoms with Gasteiger partial charge in [-0.2, -0.15) is 0 Å². The van der Waals surface area contributed by atoms with Crippen LogP contribution in [0.15, 0.2) is 12.5 Å². The zero-order valence-corrected chi connectivity index (χ0v) is 12.7. The molecule has 1 aromatic rings. The summed E-state index contributed by atoms with van der Waals surface area (Å²) in [5, 5.41) is 6.31. The highest BCUT2D eigenvalue weighted by molar-refractivity contribution is 5.75. The van der Waals surface area contributed by atoms with Gasteiger partial charge in [-0.25, -0.2) is 4.98 Å². The van der Waals surface area contributed by atoms with Crippen molar-refractivity contribution in [2.24, 2.45) is 5.92 Å². The molecule has 0 aliphatic heterocycles. The fourth-order valence-electron chi connectivity index (χ4n) is 1.52. The van der Waals surface area contributed by atoms with E-state index < -0.39 is 0 Å². The molecule has 1 aromatic heterocycles. The van der Waals surface area contributed by atoms with Crippen molar-refractivity contribution >= 4 is 5.91 Å². The number of hydrogen-bond donors (Lipinski definition) is 2. The number of carbonyl (C=O) groups is 1. The van der Waals surface area contributed by atoms with E-state index in [2.05, 4.69) is 50.2 Å². The summed E-state index contributed by atoms with van der Waals surface area (Å²) in [7, 11) is 0. The third-order valence-corrected chi connectivity index (χ3v) is 2.62. The maximum absolute atomic E-state index is 11.8. The van der Waals surface area contributed by atoms with Crippen molar-refractivity contribution in [1.29, 1.82) is 0 Å². The molecule has 5 heteroatoms. The second kappa shape index (κ2) is 6.70. The van der Waals surface area contributed by atoms with E-state index in [1.165, 1.54) is 0 Å². The molecule has 1 heterocycles. The summed E-state index contributed by atoms with van der Waals surface area (Å²) < 4.78 is 1.88. The van der Waals surface area contributed by atoms with Crippen LogP contribution in [-0.2, 0) is 17.9 Å². The first-order valence-electron chi connectivity index (χ1n) is 6.78. The van der Waals surface area contributed by atoms with Crippen molar-refractivity contribution < 1.29 is 4.79 Å². The van der Waals surface area contributed by atoms with Crippen LogP contribution in [0.4, 0.5) is 0 Å². The summed E-state index contributed by atoms with van der Waals surface area (Å²) in [6.45, 7) is 12.2. The molecule has 0 saturated carbocycles. The van der Waals surface area contributed by atoms with Crippen LogP contribution in [0.1, 0.15) is 40.3 Å². The summed E-state index contributed by atoms with van der Waals surface area (Å²) in [6.07, 6.45) is 3.50. The van der Waals surface area contributed by atoms with E-state index in [1.54, 1.807) is 12.5 Å². The molecular formula is C14H26N4O. The summed E-state index contributed by atoms with van der Waals surface area (Å²) in [4.78, 5) is 15.9. The number of carbonyl (C=O) groups excluding carboxylic acids is 1. The smallest absolute Gasteiger partial charge is 0.239 e. The molecule has 5 nitrogen and oxygen atoms in total. The maximum Gasteiger partial charge on any atom is 0.239 e. The number of hydrogen-bond acceptors (Lipinski definition) is 3. The number of rotatable bonds is 6. The topological polar surface area (TPSA) is 59.0 Å². The molecule has 0 aromatic carbocycles. The highest BCUT2D eigenvalue weighted by Crippen LogP contribution is 2.04. The highest BCUT2D eigenvalue weighted by Gasteiger charge is 2.12. The molecule has 0 spiro atoms. The fourth-order valence-corrected chi connectivity index (χ4v) is 1.52. The van der Waals surface area contributed by atoms with Crippen LogP contribution in [0, 0.1) is 5.92 Å². The molecule has 0 fully saturated rings. The predicted molar refractivity (Wildman–Crippen MR) is 76.7 cm³/mol. The van der Waals surface area contributed by atoms with Gasteiger partial charge in [0.15, 0.2) is 0 Å². The van der Waals surface area contributed by atoms with Gasteiger partial charge in [-0.1, -0.05) is 13.8 Å². The Hall–Kier alpha value is -1.36. The van der Waals surface area contributed by atoms with Crippen molar-refractivity contribution in [3.63, 3.8) is 0 Å². The average molecular weight is 266 g/mol. The fraction of sp³-hybridized carbons (Fsp3) is 0.714. The van der Waals surface area contributed by atoms with Crippen molar-refractivity contribution in [2.45, 2.75) is 53.2 Å². The number of imidazole rings is 1. The van der Waals surface area contributed by atoms with Crippen LogP contribution < -0.4 is 10.6 Å². The first-order chi connectivity index (χ1) is 8.78. The number of nitrogens with one attached hydrogen (secondary N) is 2. The molecule has 1 rings (SSSR count). The van der Waals surface area contributed by atoms with Crippen LogP contribution in [0.3, 0.4) is 0 Å². The second-order valence-corrected chi connectivity index (χ2v) is 6.31. The van der Waals surface area contributed by atoms with Gasteiger partial charge in [0.2, 0.25) is 5.91 Å². The van der Waals surface area contributed by atoms with Crippen molar-refractivity contribution in [3.05, 3.63) is 18.2 Å². The third kappa shape index (κ3) is 6.38. The molecule has 0 aliphatic rings. The normalized spacial score (nSPS) is 11.9. The van der Waals surface area contributed by atoms with Crippen LogP contribution in [-0.4, -0.2) is 27.5 Å². The lowest BCUT2D eigenvalue weighted by molar-refractivity contribution is -0.121. The van der Waals surface area contributed by atoms with Gasteiger partial charge in [0, 0.05) is 24.8 Å². The van der Waals surface area contributed by atoms with Gasteiger partial charge in [0.1, 0.15) is 6.54 Å². The van der Waals surface area contributed by atoms with E-state index in [9.17, 15) is 4.79 Å². The molecule has 2 N–H and O–H groups in total. The monoisotopic (exact) mass is 266 g/mol. The molecule has 0 bridgehead atoms. The van der Waals surface area contributed by atoms with E-state index in [0.717, 1.165) is 5.69 Å². The van der Waals surface area contributed by atoms with Crippen molar-refractivity contribution in [1.82, 2.24) is 20.2 Å². The molecular weight excluding hydrogens is 240 g/mol. The third-order valence-electron chi connectivity index (χ3n) is 2.62. The van der Waals surface area contributed by atoms with E-state index in [-0.39, 0.29) is 11.4 Å². The SMILES string of the molecule is CC(C)CNC(=O)Cn1cncc1CNC(C)(C)C. The van der Waals surface area contributed by atoms with Crippen molar-refractivity contribution in [3.8, 4) is 0 Å². The molecule has 0 aliphatic carbocycles. The lowest BCUT2D eigenvalue weighted by Crippen LogP contribution is -2.36. The number of aromatic nitrogens is 2. The van der Waals surface area contributed by atoms with Gasteiger partial charge in [0.25, 0.3) is 0 Å². The number of nitrogens with zero attached hydrogens (tertiary/aromatic N) is 2. The Morgan fingerprint density at radius 1 is 1.42 bits per heavy atom. The van der Waals surface area contributed by atoms with Gasteiger partial charge in [-0.15, -0.1) is 0 Å². The minimum Gasteiger partial charge on any atom is -0.354 e. The second-order valence-electron chi connectivity index (χ2n) is 6.31. The lowest BCUT2D eigenvalue weighted by atomic mass is 10.1. The Balaban J connectivity index is 2.50. The first-order valence-corrected chi connectivity index (χ1v) is 6.78. The van der Waals surface area contributed by atoms with Crippen molar-refractivity contribution in [2.75, 3.05) is 6.54 Å². The Morgan fingerprint density at radius 2 is 2.11 bits per heavy atom. The molecule has 0 atom stereocenters. The molecule has 0 radical (unpaired) electrons. The van der Waals surface area contributed by atoms with Gasteiger partial charge in [-0.05, 0) is 26.7 Å². The van der Waals surface area contributed by atoms with E-state index in [0.29, 0.717) is 25.6 Å². The zero-order valence-electron chi connectivity index (χ0n) is 12.7. The zero-order chi connectivity index (χ0) is 14.5. The molecule has 1 amide bonds. The van der Waals surface area contributed by atoms with Crippen LogP contribution >= 0.6 is 0 Å². The average Bonchev–Trinajstić information content (AvgIpc) is 2.70. The quantitative estimate of drug-likeness (QED) is 0.821. The minimum absolute atomic E-state index is 0.0312. The maximum atomic E-state index is 11.8. The Labute approximate surface area is 115 Å². The van der Waals surface area contributed by atoms with Gasteiger partial charge in [0.05, 0.1) is 12.0 Å². The molecule has 0 unspecified atom stereocenters. The Morgan fingerprint density at radius 3 is 2.68 bits per heavy atom. The predicted octanol–water partition coefficient (Wildman–Crippen LogP) is 1.54. The van der Waals surface area contributed by atoms with E-state index in [4.69, 9.17) is 0 Å². The summed E-state index contributed by atoms with van der Waals surface area (Å²) >= 11 is 0. The summed E-state index contributed by atoms with van der Waals surface area (Å²) in [5.41, 5.74) is 1.07. The molecule has 108 valence electrons. The van der Waals surface area contributed by atoms with E-state index in [1.807, 2.05) is 4.57 Å². The lowest BCUT2D eigenvalue weighted by Gasteiger charge is -2.20. The van der Waals surface area contributed by atoms with E-state index >= 15 is 0 Å². The largest absolute Gasteiger partial charge is 0.354 e. The summed E-state index contributed by atoms with van der Waals surface area (Å²) in [6, 6.07) is 0. The van der Waals surface area contributed by atoms with Gasteiger partial charge in [-0.3, -0.25) is 4.79 Å². The number of amides is 1. The highest BCUT2D eigenvalue weighted by atomic mass is 16.1. The van der Waals surface area contributed by atoms with Crippen LogP contribution in [0.2, 0.25) is 0 Å². The Bertz CT molecular complexity index is 404. The van der Waals surface area contributed by atoms with Gasteiger partial charge >= 0.3 is 0 Å². The summed E-state index contributed by atoms with van der Waals surface area (Å²) in [5.74, 6) is 0.498. The minimum atomic E-state index is 0.0312. The first kappa shape index (κ1) is 15.7. The van der Waals surface area contributed by atoms with Gasteiger partial charge < -0.3 is 15.2 Å².